The number of likely N-dealkylation sites (N-methyl/N-ethyl adjacent to an activating group) is 1. The fourth-order valence-corrected chi connectivity index (χ4v) is 2.25. The van der Waals surface area contributed by atoms with E-state index in [4.69, 9.17) is 0 Å². The molecule has 1 aromatic rings. The molecule has 1 N–H and O–H groups in total. The van der Waals surface area contributed by atoms with Crippen LogP contribution >= 0.6 is 0 Å². The lowest BCUT2D eigenvalue weighted by atomic mass is 9.94. The predicted octanol–water partition coefficient (Wildman–Crippen LogP) is 2.19. The van der Waals surface area contributed by atoms with E-state index in [0.29, 0.717) is 0 Å². The van der Waals surface area contributed by atoms with Crippen LogP contribution in [0.1, 0.15) is 19.4 Å². The average molecular weight is 256 g/mol. The lowest BCUT2D eigenvalue weighted by Gasteiger charge is -2.33. The maximum atomic E-state index is 12.1. The molecule has 1 heterocycles. The molecular formula is C16H20N2O. The summed E-state index contributed by atoms with van der Waals surface area (Å²) in [5.41, 5.74) is 2.28. The van der Waals surface area contributed by atoms with E-state index >= 15 is 0 Å². The number of carbonyl (C=O) groups excluding carboxylic acids is 1. The molecule has 0 aliphatic carbocycles. The van der Waals surface area contributed by atoms with Crippen molar-refractivity contribution >= 4 is 11.5 Å². The molecule has 2 rings (SSSR count). The molecule has 2 radical (unpaired) electrons. The maximum Gasteiger partial charge on any atom is 0.225 e. The van der Waals surface area contributed by atoms with Crippen LogP contribution in [0.4, 0.5) is 0 Å². The van der Waals surface area contributed by atoms with E-state index in [0.717, 1.165) is 17.7 Å². The Balaban J connectivity index is 2.26. The quantitative estimate of drug-likeness (QED) is 0.899. The summed E-state index contributed by atoms with van der Waals surface area (Å²) in [6.07, 6.45) is 2.13. The number of carbonyl (C=O) groups is 1. The van der Waals surface area contributed by atoms with Crippen LogP contribution in [0.3, 0.4) is 0 Å². The monoisotopic (exact) mass is 256 g/mol. The topological polar surface area (TPSA) is 32.3 Å². The van der Waals surface area contributed by atoms with Crippen LogP contribution in [-0.4, -0.2) is 30.4 Å². The van der Waals surface area contributed by atoms with Gasteiger partial charge in [-0.05, 0) is 11.1 Å². The van der Waals surface area contributed by atoms with E-state index in [1.165, 1.54) is 0 Å². The smallest absolute Gasteiger partial charge is 0.225 e. The number of rotatable bonds is 3. The van der Waals surface area contributed by atoms with Gasteiger partial charge in [-0.25, -0.2) is 0 Å². The van der Waals surface area contributed by atoms with Crippen molar-refractivity contribution in [1.82, 2.24) is 10.2 Å². The highest BCUT2D eigenvalue weighted by Crippen LogP contribution is 2.25. The lowest BCUT2D eigenvalue weighted by molar-refractivity contribution is -0.133. The van der Waals surface area contributed by atoms with Crippen molar-refractivity contribution in [2.45, 2.75) is 19.9 Å². The molecule has 1 atom stereocenters. The predicted molar refractivity (Wildman–Crippen MR) is 77.1 cm³/mol. The van der Waals surface area contributed by atoms with Gasteiger partial charge >= 0.3 is 0 Å². The third-order valence-corrected chi connectivity index (χ3v) is 3.29. The number of amides is 1. The molecular weight excluding hydrogens is 236 g/mol. The Morgan fingerprint density at radius 1 is 1.37 bits per heavy atom. The maximum absolute atomic E-state index is 12.1. The van der Waals surface area contributed by atoms with Crippen LogP contribution in [0.2, 0.25) is 0 Å². The van der Waals surface area contributed by atoms with E-state index in [1.807, 2.05) is 39.1 Å². The van der Waals surface area contributed by atoms with Crippen molar-refractivity contribution in [3.63, 3.8) is 0 Å². The van der Waals surface area contributed by atoms with E-state index in [9.17, 15) is 4.79 Å². The summed E-state index contributed by atoms with van der Waals surface area (Å²) >= 11 is 0. The molecule has 100 valence electrons. The first kappa shape index (κ1) is 13.8. The Morgan fingerprint density at radius 2 is 2.05 bits per heavy atom. The Labute approximate surface area is 115 Å². The van der Waals surface area contributed by atoms with Gasteiger partial charge in [-0.15, -0.1) is 0 Å². The minimum atomic E-state index is -0.133. The van der Waals surface area contributed by atoms with Gasteiger partial charge in [0.1, 0.15) is 0 Å². The van der Waals surface area contributed by atoms with Gasteiger partial charge in [0, 0.05) is 19.5 Å². The molecule has 0 saturated carbocycles. The van der Waals surface area contributed by atoms with Crippen molar-refractivity contribution in [3.05, 3.63) is 48.5 Å². The summed E-state index contributed by atoms with van der Waals surface area (Å²) < 4.78 is 0. The molecule has 0 fully saturated rings. The molecule has 0 saturated heterocycles. The molecule has 1 aromatic carbocycles. The first-order chi connectivity index (χ1) is 9.11. The molecule has 1 aliphatic rings. The van der Waals surface area contributed by atoms with Gasteiger partial charge in [-0.2, -0.15) is 0 Å². The molecule has 0 bridgehead atoms. The van der Waals surface area contributed by atoms with Crippen molar-refractivity contribution in [2.75, 3.05) is 13.6 Å². The second kappa shape index (κ2) is 6.02. The van der Waals surface area contributed by atoms with Gasteiger partial charge in [0.05, 0.1) is 12.6 Å². The fraction of sp³-hybridized carbons (Fsp3) is 0.375. The number of hydrogen-bond donors (Lipinski definition) is 1. The summed E-state index contributed by atoms with van der Waals surface area (Å²) in [4.78, 5) is 13.9. The van der Waals surface area contributed by atoms with Crippen LogP contribution in [-0.2, 0) is 4.79 Å². The first-order valence-electron chi connectivity index (χ1n) is 6.62. The molecule has 0 spiro atoms. The summed E-state index contributed by atoms with van der Waals surface area (Å²) in [7, 11) is 1.84. The highest BCUT2D eigenvalue weighted by Gasteiger charge is 2.28. The Kier molecular flexibility index (Phi) is 4.38. The number of hydrogen-bond acceptors (Lipinski definition) is 2. The molecule has 1 aliphatic heterocycles. The van der Waals surface area contributed by atoms with Crippen LogP contribution in [0, 0.1) is 12.5 Å². The van der Waals surface area contributed by atoms with Gasteiger partial charge in [0.25, 0.3) is 0 Å². The van der Waals surface area contributed by atoms with Gasteiger partial charge < -0.3 is 10.2 Å². The minimum Gasteiger partial charge on any atom is -0.336 e. The first-order valence-corrected chi connectivity index (χ1v) is 6.62. The second-order valence-electron chi connectivity index (χ2n) is 5.06. The Hall–Kier alpha value is -1.61. The van der Waals surface area contributed by atoms with Crippen molar-refractivity contribution < 1.29 is 4.79 Å². The summed E-state index contributed by atoms with van der Waals surface area (Å²) in [6.45, 7) is 7.78. The standard InChI is InChI=1S/C16H20N2O/c1-12(2)16(19)18(3)15-11-17-10-9-14(15)13-7-5-4-6-8-13/h4-9,12,15,17H,10H2,1-3H3. The second-order valence-corrected chi connectivity index (χ2v) is 5.06. The van der Waals surface area contributed by atoms with Gasteiger partial charge in [-0.3, -0.25) is 4.79 Å². The van der Waals surface area contributed by atoms with Crippen molar-refractivity contribution in [3.8, 4) is 0 Å². The molecule has 3 nitrogen and oxygen atoms in total. The molecule has 1 unspecified atom stereocenters. The lowest BCUT2D eigenvalue weighted by Crippen LogP contribution is -2.44. The van der Waals surface area contributed by atoms with Gasteiger partial charge in [0.15, 0.2) is 0 Å². The third-order valence-electron chi connectivity index (χ3n) is 3.29. The van der Waals surface area contributed by atoms with E-state index < -0.39 is 0 Å². The molecule has 1 amide bonds. The Morgan fingerprint density at radius 3 is 2.68 bits per heavy atom. The molecule has 19 heavy (non-hydrogen) atoms. The highest BCUT2D eigenvalue weighted by atomic mass is 16.2. The average Bonchev–Trinajstić information content (AvgIpc) is 2.46. The SMILES string of the molecule is CC(C)C(=O)N(C)C1[C]NCC=C1c1ccccc1. The van der Waals surface area contributed by atoms with E-state index in [2.05, 4.69) is 30.1 Å². The third kappa shape index (κ3) is 3.04. The zero-order chi connectivity index (χ0) is 13.8. The number of benzene rings is 1. The fourth-order valence-electron chi connectivity index (χ4n) is 2.25. The van der Waals surface area contributed by atoms with Gasteiger partial charge in [0.2, 0.25) is 5.91 Å². The molecule has 0 aromatic heterocycles. The van der Waals surface area contributed by atoms with E-state index in [-0.39, 0.29) is 17.9 Å². The van der Waals surface area contributed by atoms with Crippen LogP contribution in [0.5, 0.6) is 0 Å². The summed E-state index contributed by atoms with van der Waals surface area (Å²) in [5.74, 6) is 0.119. The van der Waals surface area contributed by atoms with Crippen molar-refractivity contribution in [1.29, 1.82) is 0 Å². The number of nitrogens with one attached hydrogen (secondary N) is 1. The zero-order valence-electron chi connectivity index (χ0n) is 11.7. The van der Waals surface area contributed by atoms with Crippen LogP contribution in [0.15, 0.2) is 36.4 Å². The minimum absolute atomic E-state index is 0.00856. The van der Waals surface area contributed by atoms with Crippen LogP contribution < -0.4 is 5.32 Å². The number of nitrogens with zero attached hydrogens (tertiary/aromatic N) is 1. The van der Waals surface area contributed by atoms with Crippen molar-refractivity contribution in [2.24, 2.45) is 5.92 Å². The zero-order valence-corrected chi connectivity index (χ0v) is 11.7. The van der Waals surface area contributed by atoms with Crippen LogP contribution in [0.25, 0.3) is 5.57 Å². The highest BCUT2D eigenvalue weighted by molar-refractivity contribution is 5.83. The van der Waals surface area contributed by atoms with E-state index in [1.54, 1.807) is 4.90 Å². The normalized spacial score (nSPS) is 19.2. The molecule has 3 heteroatoms. The van der Waals surface area contributed by atoms with Gasteiger partial charge in [-0.1, -0.05) is 50.3 Å². The summed E-state index contributed by atoms with van der Waals surface area (Å²) in [5, 5.41) is 3.09. The Bertz CT molecular complexity index is 465. The largest absolute Gasteiger partial charge is 0.336 e. The summed E-state index contributed by atoms with van der Waals surface area (Å²) in [6, 6.07) is 10.0.